The third-order valence-corrected chi connectivity index (χ3v) is 8.07. The molecule has 1 N–H and O–H groups in total. The number of carbonyl (C=O) groups is 5. The summed E-state index contributed by atoms with van der Waals surface area (Å²) >= 11 is 1.24. The molecule has 0 spiro atoms. The molecule has 1 aliphatic heterocycles. The smallest absolute Gasteiger partial charge is 0.332 e. The van der Waals surface area contributed by atoms with Gasteiger partial charge in [-0.2, -0.15) is 0 Å². The van der Waals surface area contributed by atoms with Gasteiger partial charge in [0, 0.05) is 17.2 Å². The Morgan fingerprint density at radius 2 is 1.68 bits per heavy atom. The van der Waals surface area contributed by atoms with Crippen molar-refractivity contribution >= 4 is 41.5 Å². The van der Waals surface area contributed by atoms with E-state index in [0.717, 1.165) is 10.5 Å². The van der Waals surface area contributed by atoms with Crippen molar-refractivity contribution < 1.29 is 47.7 Å². The summed E-state index contributed by atoms with van der Waals surface area (Å²) in [5.41, 5.74) is 0.427. The molecule has 2 aromatic carbocycles. The van der Waals surface area contributed by atoms with Crippen molar-refractivity contribution in [2.45, 2.75) is 50.3 Å². The van der Waals surface area contributed by atoms with Gasteiger partial charge in [0.1, 0.15) is 18.6 Å². The number of thioether (sulfide) groups is 1. The number of benzene rings is 2. The van der Waals surface area contributed by atoms with Gasteiger partial charge in [-0.3, -0.25) is 19.2 Å². The Bertz CT molecular complexity index is 1570. The van der Waals surface area contributed by atoms with Crippen LogP contribution in [0.4, 0.5) is 0 Å². The van der Waals surface area contributed by atoms with Gasteiger partial charge in [-0.05, 0) is 31.0 Å². The molecule has 0 bridgehead atoms. The van der Waals surface area contributed by atoms with Crippen LogP contribution < -0.4 is 14.8 Å². The number of hydrogen-bond acceptors (Lipinski definition) is 12. The zero-order valence-corrected chi connectivity index (χ0v) is 27.2. The molecule has 1 fully saturated rings. The van der Waals surface area contributed by atoms with Crippen molar-refractivity contribution in [3.8, 4) is 11.5 Å². The van der Waals surface area contributed by atoms with E-state index in [4.69, 9.17) is 23.7 Å². The minimum absolute atomic E-state index is 0.0545. The number of rotatable bonds is 11. The van der Waals surface area contributed by atoms with Crippen LogP contribution >= 0.6 is 11.8 Å². The number of pyridine rings is 1. The molecule has 0 radical (unpaired) electrons. The van der Waals surface area contributed by atoms with Crippen LogP contribution in [0, 0.1) is 11.8 Å². The molecule has 4 rings (SSSR count). The van der Waals surface area contributed by atoms with Crippen molar-refractivity contribution in [3.63, 3.8) is 0 Å². The highest BCUT2D eigenvalue weighted by Gasteiger charge is 2.42. The third kappa shape index (κ3) is 9.55. The molecule has 1 aliphatic rings. The molecule has 1 saturated heterocycles. The number of ether oxygens (including phenoxy) is 5. The van der Waals surface area contributed by atoms with Gasteiger partial charge in [-0.15, -0.1) is 11.8 Å². The van der Waals surface area contributed by atoms with Crippen LogP contribution in [0.25, 0.3) is 0 Å². The average Bonchev–Trinajstić information content (AvgIpc) is 3.10. The van der Waals surface area contributed by atoms with E-state index in [1.165, 1.54) is 38.1 Å². The first kappa shape index (κ1) is 35.0. The first-order valence-corrected chi connectivity index (χ1v) is 15.9. The highest BCUT2D eigenvalue weighted by molar-refractivity contribution is 8.00. The minimum Gasteiger partial charge on any atom is -0.493 e. The Kier molecular flexibility index (Phi) is 12.3. The first-order valence-electron chi connectivity index (χ1n) is 14.9. The van der Waals surface area contributed by atoms with Gasteiger partial charge in [-0.1, -0.05) is 62.4 Å². The summed E-state index contributed by atoms with van der Waals surface area (Å²) in [4.78, 5) is 70.6. The quantitative estimate of drug-likeness (QED) is 0.180. The van der Waals surface area contributed by atoms with E-state index < -0.39 is 66.5 Å². The number of methoxy groups -OCH3 is 1. The van der Waals surface area contributed by atoms with Gasteiger partial charge in [-0.25, -0.2) is 9.78 Å². The highest BCUT2D eigenvalue weighted by atomic mass is 32.2. The van der Waals surface area contributed by atoms with Crippen LogP contribution in [0.1, 0.15) is 36.8 Å². The van der Waals surface area contributed by atoms with Gasteiger partial charge in [0.25, 0.3) is 5.91 Å². The lowest BCUT2D eigenvalue weighted by atomic mass is 9.91. The monoisotopic (exact) mass is 664 g/mol. The van der Waals surface area contributed by atoms with Crippen molar-refractivity contribution in [1.29, 1.82) is 0 Å². The number of carbonyl (C=O) groups excluding carboxylic acids is 5. The van der Waals surface area contributed by atoms with Crippen LogP contribution in [0.5, 0.6) is 11.5 Å². The fraction of sp³-hybridized carbons (Fsp3) is 0.353. The number of aromatic nitrogens is 1. The zero-order chi connectivity index (χ0) is 33.9. The molecule has 2 heterocycles. The summed E-state index contributed by atoms with van der Waals surface area (Å²) < 4.78 is 27.7. The predicted molar refractivity (Wildman–Crippen MR) is 170 cm³/mol. The lowest BCUT2D eigenvalue weighted by Gasteiger charge is -2.29. The number of esters is 4. The largest absolute Gasteiger partial charge is 0.493 e. The summed E-state index contributed by atoms with van der Waals surface area (Å²) in [6, 6.07) is 18.2. The Hall–Kier alpha value is -4.91. The van der Waals surface area contributed by atoms with Crippen LogP contribution in [0.2, 0.25) is 0 Å². The molecule has 12 nitrogen and oxygen atoms in total. The van der Waals surface area contributed by atoms with E-state index >= 15 is 0 Å². The second-order valence-corrected chi connectivity index (χ2v) is 12.0. The normalized spacial score (nSPS) is 19.7. The second kappa shape index (κ2) is 16.6. The highest BCUT2D eigenvalue weighted by Crippen LogP contribution is 2.31. The maximum Gasteiger partial charge on any atom is 0.332 e. The van der Waals surface area contributed by atoms with Gasteiger partial charge in [0.05, 0.1) is 18.8 Å². The third-order valence-electron chi connectivity index (χ3n) is 7.09. The second-order valence-electron chi connectivity index (χ2n) is 10.9. The maximum absolute atomic E-state index is 13.5. The van der Waals surface area contributed by atoms with Crippen molar-refractivity contribution in [2.75, 3.05) is 19.5 Å². The van der Waals surface area contributed by atoms with Crippen LogP contribution in [-0.2, 0) is 39.8 Å². The first-order chi connectivity index (χ1) is 22.6. The summed E-state index contributed by atoms with van der Waals surface area (Å²) in [6.07, 6.45) is -0.845. The molecule has 4 atom stereocenters. The number of nitrogens with zero attached hydrogens (tertiary/aromatic N) is 1. The van der Waals surface area contributed by atoms with Crippen LogP contribution in [0.3, 0.4) is 0 Å². The van der Waals surface area contributed by atoms with E-state index in [1.54, 1.807) is 26.0 Å². The Balaban J connectivity index is 1.54. The maximum atomic E-state index is 13.5. The van der Waals surface area contributed by atoms with E-state index in [0.29, 0.717) is 0 Å². The van der Waals surface area contributed by atoms with Crippen molar-refractivity contribution in [2.24, 2.45) is 11.8 Å². The standard InChI is InChI=1S/C34H36N2O10S/c1-20(2)32(39)46-29-21(3)44-34(41)25(18-43-33(40)24(29)17-22-11-7-5-8-12-22)36-31(38)28-30(26(42-4)15-16-35-28)45-27(37)19-47-23-13-9-6-10-14-23/h5-16,20-21,24-25,29H,17-19H2,1-4H3,(H,36,38)/t21-,24+,25?,29?/m0/s1. The van der Waals surface area contributed by atoms with Crippen molar-refractivity contribution in [3.05, 3.63) is 84.2 Å². The Morgan fingerprint density at radius 3 is 2.34 bits per heavy atom. The molecule has 47 heavy (non-hydrogen) atoms. The van der Waals surface area contributed by atoms with Crippen LogP contribution in [0.15, 0.2) is 77.8 Å². The summed E-state index contributed by atoms with van der Waals surface area (Å²) in [7, 11) is 1.33. The summed E-state index contributed by atoms with van der Waals surface area (Å²) in [5.74, 6) is -5.66. The zero-order valence-electron chi connectivity index (χ0n) is 26.4. The molecular weight excluding hydrogens is 628 g/mol. The fourth-order valence-electron chi connectivity index (χ4n) is 4.63. The molecule has 13 heteroatoms. The number of amides is 1. The Morgan fingerprint density at radius 1 is 1.00 bits per heavy atom. The van der Waals surface area contributed by atoms with E-state index in [2.05, 4.69) is 10.3 Å². The van der Waals surface area contributed by atoms with Gasteiger partial charge in [0.15, 0.2) is 23.6 Å². The van der Waals surface area contributed by atoms with Gasteiger partial charge in [0.2, 0.25) is 5.75 Å². The molecule has 0 saturated carbocycles. The van der Waals surface area contributed by atoms with Gasteiger partial charge >= 0.3 is 23.9 Å². The summed E-state index contributed by atoms with van der Waals surface area (Å²) in [5, 5.41) is 2.47. The minimum atomic E-state index is -1.48. The lowest BCUT2D eigenvalue weighted by Crippen LogP contribution is -2.47. The fourth-order valence-corrected chi connectivity index (χ4v) is 5.32. The average molecular weight is 665 g/mol. The Labute approximate surface area is 276 Å². The molecule has 1 amide bonds. The molecule has 1 aromatic heterocycles. The number of hydrogen-bond donors (Lipinski definition) is 1. The van der Waals surface area contributed by atoms with Crippen molar-refractivity contribution in [1.82, 2.24) is 10.3 Å². The molecule has 3 aromatic rings. The number of cyclic esters (lactones) is 2. The number of nitrogens with one attached hydrogen (secondary N) is 1. The lowest BCUT2D eigenvalue weighted by molar-refractivity contribution is -0.176. The SMILES string of the molecule is COc1ccnc(C(=O)NC2COC(=O)[C@H](Cc3ccccc3)C(OC(=O)C(C)C)[C@H](C)OC2=O)c1OC(=O)CSc1ccccc1. The summed E-state index contributed by atoms with van der Waals surface area (Å²) in [6.45, 7) is 4.20. The van der Waals surface area contributed by atoms with E-state index in [-0.39, 0.29) is 29.4 Å². The molecule has 0 aliphatic carbocycles. The van der Waals surface area contributed by atoms with E-state index in [1.807, 2.05) is 48.5 Å². The van der Waals surface area contributed by atoms with Crippen LogP contribution in [-0.4, -0.2) is 72.5 Å². The molecule has 248 valence electrons. The topological polar surface area (TPSA) is 156 Å². The molecular formula is C34H36N2O10S. The predicted octanol–water partition coefficient (Wildman–Crippen LogP) is 3.80. The van der Waals surface area contributed by atoms with E-state index in [9.17, 15) is 24.0 Å². The van der Waals surface area contributed by atoms with Gasteiger partial charge < -0.3 is 29.0 Å². The molecule has 2 unspecified atom stereocenters.